The Labute approximate surface area is 95.8 Å². The van der Waals surface area contributed by atoms with Gasteiger partial charge in [0.15, 0.2) is 0 Å². The van der Waals surface area contributed by atoms with Gasteiger partial charge in [-0.1, -0.05) is 0 Å². The van der Waals surface area contributed by atoms with Crippen LogP contribution in [-0.4, -0.2) is 17.1 Å². The number of hydrogen-bond donors (Lipinski definition) is 2. The molecule has 3 N–H and O–H groups in total. The highest BCUT2D eigenvalue weighted by Gasteiger charge is 2.08. The molecule has 0 unspecified atom stereocenters. The van der Waals surface area contributed by atoms with Crippen LogP contribution in [0.4, 0.5) is 0 Å². The van der Waals surface area contributed by atoms with E-state index in [-0.39, 0.29) is 5.56 Å². The Morgan fingerprint density at radius 2 is 2.12 bits per heavy atom. The number of carbonyl (C=O) groups excluding carboxylic acids is 1. The summed E-state index contributed by atoms with van der Waals surface area (Å²) in [6, 6.07) is 7.15. The molecule has 1 heterocycles. The van der Waals surface area contributed by atoms with Crippen LogP contribution in [0.3, 0.4) is 0 Å². The summed E-state index contributed by atoms with van der Waals surface area (Å²) in [4.78, 5) is 26.2. The number of nitrogens with two attached hydrogens (primary N) is 1. The molecule has 0 aliphatic rings. The summed E-state index contributed by atoms with van der Waals surface area (Å²) >= 11 is 1.59. The number of pyridine rings is 1. The van der Waals surface area contributed by atoms with Gasteiger partial charge in [0.1, 0.15) is 5.56 Å². The molecule has 1 aromatic carbocycles. The third-order valence-corrected chi connectivity index (χ3v) is 3.04. The number of aromatic amines is 1. The van der Waals surface area contributed by atoms with Crippen LogP contribution in [0, 0.1) is 0 Å². The number of thioether (sulfide) groups is 1. The summed E-state index contributed by atoms with van der Waals surface area (Å²) in [5.74, 6) is -0.710. The van der Waals surface area contributed by atoms with Gasteiger partial charge in [-0.3, -0.25) is 9.59 Å². The molecule has 1 amide bonds. The van der Waals surface area contributed by atoms with E-state index in [9.17, 15) is 9.59 Å². The summed E-state index contributed by atoms with van der Waals surface area (Å²) in [7, 11) is 0. The van der Waals surface area contributed by atoms with Gasteiger partial charge in [0.2, 0.25) is 0 Å². The van der Waals surface area contributed by atoms with Crippen LogP contribution in [0.25, 0.3) is 10.9 Å². The van der Waals surface area contributed by atoms with Crippen molar-refractivity contribution in [1.82, 2.24) is 4.98 Å². The minimum absolute atomic E-state index is 0.00856. The van der Waals surface area contributed by atoms with Gasteiger partial charge in [-0.25, -0.2) is 0 Å². The zero-order valence-electron chi connectivity index (χ0n) is 8.61. The number of amides is 1. The number of H-pyrrole nitrogens is 1. The molecular weight excluding hydrogens is 224 g/mol. The van der Waals surface area contributed by atoms with E-state index in [0.29, 0.717) is 5.52 Å². The van der Waals surface area contributed by atoms with Crippen LogP contribution in [0.1, 0.15) is 10.4 Å². The van der Waals surface area contributed by atoms with E-state index in [2.05, 4.69) is 4.98 Å². The lowest BCUT2D eigenvalue weighted by molar-refractivity contribution is 0.0999. The Bertz CT molecular complexity index is 619. The van der Waals surface area contributed by atoms with E-state index in [1.165, 1.54) is 6.07 Å². The molecule has 0 atom stereocenters. The maximum absolute atomic E-state index is 11.5. The van der Waals surface area contributed by atoms with Crippen molar-refractivity contribution in [3.8, 4) is 0 Å². The lowest BCUT2D eigenvalue weighted by atomic mass is 10.1. The molecule has 5 heteroatoms. The van der Waals surface area contributed by atoms with Crippen molar-refractivity contribution >= 4 is 28.6 Å². The molecule has 16 heavy (non-hydrogen) atoms. The topological polar surface area (TPSA) is 75.9 Å². The molecule has 0 aliphatic heterocycles. The number of nitrogens with one attached hydrogen (secondary N) is 1. The molecule has 0 saturated heterocycles. The molecule has 0 fully saturated rings. The van der Waals surface area contributed by atoms with Gasteiger partial charge in [0, 0.05) is 15.8 Å². The van der Waals surface area contributed by atoms with Crippen molar-refractivity contribution in [2.24, 2.45) is 5.73 Å². The highest BCUT2D eigenvalue weighted by Crippen LogP contribution is 2.20. The Morgan fingerprint density at radius 3 is 2.75 bits per heavy atom. The Kier molecular flexibility index (Phi) is 2.70. The van der Waals surface area contributed by atoms with Crippen LogP contribution >= 0.6 is 11.8 Å². The molecule has 1 aromatic heterocycles. The molecule has 0 aliphatic carbocycles. The second-order valence-electron chi connectivity index (χ2n) is 3.33. The number of primary amides is 1. The average Bonchev–Trinajstić information content (AvgIpc) is 2.27. The van der Waals surface area contributed by atoms with E-state index in [1.807, 2.05) is 24.5 Å². The van der Waals surface area contributed by atoms with Crippen molar-refractivity contribution in [1.29, 1.82) is 0 Å². The monoisotopic (exact) mass is 234 g/mol. The number of rotatable bonds is 2. The smallest absolute Gasteiger partial charge is 0.261 e. The van der Waals surface area contributed by atoms with Gasteiger partial charge in [-0.2, -0.15) is 0 Å². The highest BCUT2D eigenvalue weighted by molar-refractivity contribution is 7.98. The Balaban J connectivity index is 2.75. The fraction of sp³-hybridized carbons (Fsp3) is 0.0909. The summed E-state index contributed by atoms with van der Waals surface area (Å²) in [5, 5.41) is 0.806. The molecule has 82 valence electrons. The molecule has 2 rings (SSSR count). The molecular formula is C11H10N2O2S. The van der Waals surface area contributed by atoms with Gasteiger partial charge >= 0.3 is 0 Å². The minimum atomic E-state index is -0.710. The lowest BCUT2D eigenvalue weighted by Gasteiger charge is -2.02. The molecule has 0 bridgehead atoms. The highest BCUT2D eigenvalue weighted by atomic mass is 32.2. The van der Waals surface area contributed by atoms with E-state index in [1.54, 1.807) is 11.8 Å². The number of fused-ring (bicyclic) bond motifs is 1. The molecule has 0 saturated carbocycles. The second-order valence-corrected chi connectivity index (χ2v) is 4.21. The normalized spacial score (nSPS) is 10.6. The van der Waals surface area contributed by atoms with Crippen LogP contribution < -0.4 is 11.3 Å². The first kappa shape index (κ1) is 10.8. The SMILES string of the molecule is CSc1ccc2[nH]c(=O)c(C(N)=O)cc2c1. The van der Waals surface area contributed by atoms with Crippen molar-refractivity contribution < 1.29 is 4.79 Å². The first-order chi connectivity index (χ1) is 7.61. The van der Waals surface area contributed by atoms with Crippen LogP contribution in [0.15, 0.2) is 34.0 Å². The van der Waals surface area contributed by atoms with Crippen molar-refractivity contribution in [2.45, 2.75) is 4.90 Å². The first-order valence-electron chi connectivity index (χ1n) is 4.62. The number of carbonyl (C=O) groups is 1. The molecule has 0 radical (unpaired) electrons. The first-order valence-corrected chi connectivity index (χ1v) is 5.85. The van der Waals surface area contributed by atoms with Crippen molar-refractivity contribution in [3.05, 3.63) is 40.2 Å². The fourth-order valence-electron chi connectivity index (χ4n) is 1.49. The number of aromatic nitrogens is 1. The molecule has 2 aromatic rings. The van der Waals surface area contributed by atoms with Gasteiger partial charge in [-0.15, -0.1) is 11.8 Å². The van der Waals surface area contributed by atoms with Crippen LogP contribution in [-0.2, 0) is 0 Å². The summed E-state index contributed by atoms with van der Waals surface area (Å²) < 4.78 is 0. The minimum Gasteiger partial charge on any atom is -0.365 e. The van der Waals surface area contributed by atoms with Crippen LogP contribution in [0.2, 0.25) is 0 Å². The van der Waals surface area contributed by atoms with E-state index in [0.717, 1.165) is 10.3 Å². The Hall–Kier alpha value is -1.75. The van der Waals surface area contributed by atoms with Crippen LogP contribution in [0.5, 0.6) is 0 Å². The second kappa shape index (κ2) is 4.02. The van der Waals surface area contributed by atoms with E-state index in [4.69, 9.17) is 5.73 Å². The predicted molar refractivity (Wildman–Crippen MR) is 64.9 cm³/mol. The lowest BCUT2D eigenvalue weighted by Crippen LogP contribution is -2.23. The zero-order chi connectivity index (χ0) is 11.7. The number of hydrogen-bond acceptors (Lipinski definition) is 3. The van der Waals surface area contributed by atoms with Gasteiger partial charge in [-0.05, 0) is 30.5 Å². The maximum Gasteiger partial charge on any atom is 0.261 e. The largest absolute Gasteiger partial charge is 0.365 e. The van der Waals surface area contributed by atoms with Crippen molar-refractivity contribution in [2.75, 3.05) is 6.26 Å². The number of benzene rings is 1. The van der Waals surface area contributed by atoms with Gasteiger partial charge in [0.25, 0.3) is 11.5 Å². The summed E-state index contributed by atoms with van der Waals surface area (Å²) in [6.45, 7) is 0. The third kappa shape index (κ3) is 1.81. The average molecular weight is 234 g/mol. The quantitative estimate of drug-likeness (QED) is 0.770. The summed E-state index contributed by atoms with van der Waals surface area (Å²) in [5.41, 5.74) is 5.36. The van der Waals surface area contributed by atoms with E-state index >= 15 is 0 Å². The van der Waals surface area contributed by atoms with Crippen molar-refractivity contribution in [3.63, 3.8) is 0 Å². The van der Waals surface area contributed by atoms with Gasteiger partial charge in [0.05, 0.1) is 0 Å². The zero-order valence-corrected chi connectivity index (χ0v) is 9.43. The van der Waals surface area contributed by atoms with Gasteiger partial charge < -0.3 is 10.7 Å². The fourth-order valence-corrected chi connectivity index (χ4v) is 1.94. The standard InChI is InChI=1S/C11H10N2O2S/c1-16-7-2-3-9-6(4-7)5-8(10(12)14)11(15)13-9/h2-5H,1H3,(H2,12,14)(H,13,15). The molecule has 4 nitrogen and oxygen atoms in total. The maximum atomic E-state index is 11.5. The third-order valence-electron chi connectivity index (χ3n) is 2.32. The predicted octanol–water partition coefficient (Wildman–Crippen LogP) is 1.35. The van der Waals surface area contributed by atoms with E-state index < -0.39 is 11.5 Å². The molecule has 0 spiro atoms. The Morgan fingerprint density at radius 1 is 1.38 bits per heavy atom. The summed E-state index contributed by atoms with van der Waals surface area (Å²) in [6.07, 6.45) is 1.96.